The Kier molecular flexibility index (Phi) is 5.39. The summed E-state index contributed by atoms with van der Waals surface area (Å²) in [6.07, 6.45) is 1.05. The van der Waals surface area contributed by atoms with E-state index in [0.29, 0.717) is 5.02 Å². The number of benzene rings is 1. The van der Waals surface area contributed by atoms with Gasteiger partial charge in [-0.3, -0.25) is 0 Å². The molecule has 0 saturated carbocycles. The van der Waals surface area contributed by atoms with Gasteiger partial charge < -0.3 is 10.6 Å². The molecule has 5 heteroatoms. The standard InChI is InChI=1S/C16H21ClN4/c1-4-8-18-14-10-15(21-16(20-14)11(2)3)19-13-7-5-6-12(17)9-13/h5-7,9-11H,4,8H2,1-3H3,(H2,18,19,20,21). The molecule has 4 nitrogen and oxygen atoms in total. The summed E-state index contributed by atoms with van der Waals surface area (Å²) in [5.74, 6) is 2.71. The van der Waals surface area contributed by atoms with Crippen molar-refractivity contribution in [2.24, 2.45) is 0 Å². The highest BCUT2D eigenvalue weighted by molar-refractivity contribution is 6.30. The van der Waals surface area contributed by atoms with Crippen LogP contribution in [0, 0.1) is 0 Å². The fraction of sp³-hybridized carbons (Fsp3) is 0.375. The summed E-state index contributed by atoms with van der Waals surface area (Å²) in [5, 5.41) is 7.29. The van der Waals surface area contributed by atoms with Gasteiger partial charge in [-0.25, -0.2) is 9.97 Å². The summed E-state index contributed by atoms with van der Waals surface area (Å²) in [6.45, 7) is 7.19. The number of hydrogen-bond acceptors (Lipinski definition) is 4. The van der Waals surface area contributed by atoms with Gasteiger partial charge in [0, 0.05) is 29.2 Å². The Morgan fingerprint density at radius 2 is 1.90 bits per heavy atom. The molecule has 2 aromatic rings. The highest BCUT2D eigenvalue weighted by Gasteiger charge is 2.08. The molecule has 0 bridgehead atoms. The van der Waals surface area contributed by atoms with Gasteiger partial charge in [-0.2, -0.15) is 0 Å². The molecule has 2 rings (SSSR count). The van der Waals surface area contributed by atoms with Gasteiger partial charge in [0.25, 0.3) is 0 Å². The van der Waals surface area contributed by atoms with Crippen molar-refractivity contribution >= 4 is 28.9 Å². The fourth-order valence-electron chi connectivity index (χ4n) is 1.85. The number of nitrogens with zero attached hydrogens (tertiary/aromatic N) is 2. The minimum atomic E-state index is 0.272. The van der Waals surface area contributed by atoms with Crippen LogP contribution in [0.3, 0.4) is 0 Å². The predicted molar refractivity (Wildman–Crippen MR) is 89.6 cm³/mol. The molecule has 1 heterocycles. The first kappa shape index (κ1) is 15.6. The zero-order valence-electron chi connectivity index (χ0n) is 12.7. The first-order valence-electron chi connectivity index (χ1n) is 7.24. The van der Waals surface area contributed by atoms with E-state index in [9.17, 15) is 0 Å². The van der Waals surface area contributed by atoms with Gasteiger partial charge in [-0.15, -0.1) is 0 Å². The second kappa shape index (κ2) is 7.27. The number of halogens is 1. The monoisotopic (exact) mass is 304 g/mol. The van der Waals surface area contributed by atoms with Crippen molar-refractivity contribution in [1.82, 2.24) is 9.97 Å². The van der Waals surface area contributed by atoms with Crippen molar-refractivity contribution in [2.75, 3.05) is 17.2 Å². The average molecular weight is 305 g/mol. The lowest BCUT2D eigenvalue weighted by Crippen LogP contribution is -2.08. The molecule has 0 aliphatic rings. The van der Waals surface area contributed by atoms with Gasteiger partial charge in [0.05, 0.1) is 0 Å². The van der Waals surface area contributed by atoms with Crippen molar-refractivity contribution in [2.45, 2.75) is 33.1 Å². The van der Waals surface area contributed by atoms with Gasteiger partial charge in [-0.1, -0.05) is 38.4 Å². The molecule has 112 valence electrons. The Labute approximate surface area is 131 Å². The number of aromatic nitrogens is 2. The molecule has 2 N–H and O–H groups in total. The number of anilines is 3. The molecule has 0 amide bonds. The van der Waals surface area contributed by atoms with E-state index in [0.717, 1.165) is 36.1 Å². The summed E-state index contributed by atoms with van der Waals surface area (Å²) < 4.78 is 0. The molecule has 0 aliphatic carbocycles. The van der Waals surface area contributed by atoms with E-state index < -0.39 is 0 Å². The molecule has 0 saturated heterocycles. The second-order valence-electron chi connectivity index (χ2n) is 5.21. The second-order valence-corrected chi connectivity index (χ2v) is 5.65. The van der Waals surface area contributed by atoms with E-state index in [2.05, 4.69) is 41.4 Å². The molecular formula is C16H21ClN4. The van der Waals surface area contributed by atoms with E-state index in [1.54, 1.807) is 0 Å². The minimum absolute atomic E-state index is 0.272. The van der Waals surface area contributed by atoms with Gasteiger partial charge in [0.15, 0.2) is 0 Å². The lowest BCUT2D eigenvalue weighted by molar-refractivity contribution is 0.775. The molecule has 0 fully saturated rings. The van der Waals surface area contributed by atoms with E-state index in [-0.39, 0.29) is 5.92 Å². The van der Waals surface area contributed by atoms with Crippen molar-refractivity contribution in [3.05, 3.63) is 41.2 Å². The summed E-state index contributed by atoms with van der Waals surface area (Å²) in [5.41, 5.74) is 0.914. The van der Waals surface area contributed by atoms with Gasteiger partial charge in [0.1, 0.15) is 17.5 Å². The SMILES string of the molecule is CCCNc1cc(Nc2cccc(Cl)c2)nc(C(C)C)n1. The van der Waals surface area contributed by atoms with Crippen LogP contribution in [-0.2, 0) is 0 Å². The predicted octanol–water partition coefficient (Wildman–Crippen LogP) is 4.82. The molecule has 1 aromatic heterocycles. The molecule has 0 unspecified atom stereocenters. The third-order valence-electron chi connectivity index (χ3n) is 2.91. The van der Waals surface area contributed by atoms with Crippen LogP contribution in [0.15, 0.2) is 30.3 Å². The smallest absolute Gasteiger partial charge is 0.136 e. The third kappa shape index (κ3) is 4.60. The number of rotatable bonds is 6. The first-order valence-corrected chi connectivity index (χ1v) is 7.61. The van der Waals surface area contributed by atoms with Crippen molar-refractivity contribution in [3.63, 3.8) is 0 Å². The largest absolute Gasteiger partial charge is 0.370 e. The van der Waals surface area contributed by atoms with E-state index in [1.807, 2.05) is 30.3 Å². The maximum Gasteiger partial charge on any atom is 0.136 e. The normalized spacial score (nSPS) is 10.7. The van der Waals surface area contributed by atoms with Crippen molar-refractivity contribution in [1.29, 1.82) is 0 Å². The average Bonchev–Trinajstić information content (AvgIpc) is 2.45. The first-order chi connectivity index (χ1) is 10.1. The summed E-state index contributed by atoms with van der Waals surface area (Å²) in [6, 6.07) is 9.51. The Morgan fingerprint density at radius 3 is 2.57 bits per heavy atom. The van der Waals surface area contributed by atoms with Crippen LogP contribution in [0.25, 0.3) is 0 Å². The van der Waals surface area contributed by atoms with Crippen LogP contribution in [0.5, 0.6) is 0 Å². The minimum Gasteiger partial charge on any atom is -0.370 e. The van der Waals surface area contributed by atoms with Crippen molar-refractivity contribution < 1.29 is 0 Å². The molecule has 0 aliphatic heterocycles. The van der Waals surface area contributed by atoms with Crippen LogP contribution >= 0.6 is 11.6 Å². The number of hydrogen-bond donors (Lipinski definition) is 2. The quantitative estimate of drug-likeness (QED) is 0.803. The fourth-order valence-corrected chi connectivity index (χ4v) is 2.04. The molecule has 21 heavy (non-hydrogen) atoms. The lowest BCUT2D eigenvalue weighted by Gasteiger charge is -2.12. The van der Waals surface area contributed by atoms with Crippen molar-refractivity contribution in [3.8, 4) is 0 Å². The van der Waals surface area contributed by atoms with Gasteiger partial charge >= 0.3 is 0 Å². The highest BCUT2D eigenvalue weighted by atomic mass is 35.5. The Morgan fingerprint density at radius 1 is 1.14 bits per heavy atom. The maximum absolute atomic E-state index is 6.01. The Bertz CT molecular complexity index is 599. The summed E-state index contributed by atoms with van der Waals surface area (Å²) in [7, 11) is 0. The van der Waals surface area contributed by atoms with Crippen LogP contribution in [0.1, 0.15) is 38.9 Å². The molecular weight excluding hydrogens is 284 g/mol. The van der Waals surface area contributed by atoms with Crippen LogP contribution in [0.2, 0.25) is 5.02 Å². The summed E-state index contributed by atoms with van der Waals surface area (Å²) >= 11 is 6.01. The molecule has 0 atom stereocenters. The van der Waals surface area contributed by atoms with Gasteiger partial charge in [-0.05, 0) is 24.6 Å². The van der Waals surface area contributed by atoms with Crippen LogP contribution < -0.4 is 10.6 Å². The Balaban J connectivity index is 2.26. The van der Waals surface area contributed by atoms with E-state index >= 15 is 0 Å². The third-order valence-corrected chi connectivity index (χ3v) is 3.15. The van der Waals surface area contributed by atoms with Crippen LogP contribution in [0.4, 0.5) is 17.3 Å². The zero-order chi connectivity index (χ0) is 15.2. The zero-order valence-corrected chi connectivity index (χ0v) is 13.4. The lowest BCUT2D eigenvalue weighted by atomic mass is 10.2. The highest BCUT2D eigenvalue weighted by Crippen LogP contribution is 2.22. The number of nitrogens with one attached hydrogen (secondary N) is 2. The summed E-state index contributed by atoms with van der Waals surface area (Å²) in [4.78, 5) is 9.10. The molecule has 0 spiro atoms. The van der Waals surface area contributed by atoms with E-state index in [1.165, 1.54) is 0 Å². The van der Waals surface area contributed by atoms with E-state index in [4.69, 9.17) is 11.6 Å². The maximum atomic E-state index is 6.01. The molecule has 1 aromatic carbocycles. The van der Waals surface area contributed by atoms with Crippen LogP contribution in [-0.4, -0.2) is 16.5 Å². The Hall–Kier alpha value is -1.81. The topological polar surface area (TPSA) is 49.8 Å². The van der Waals surface area contributed by atoms with Gasteiger partial charge in [0.2, 0.25) is 0 Å². The molecule has 0 radical (unpaired) electrons.